The van der Waals surface area contributed by atoms with Crippen molar-refractivity contribution in [2.45, 2.75) is 18.2 Å². The summed E-state index contributed by atoms with van der Waals surface area (Å²) in [6.07, 6.45) is 1.86. The highest BCUT2D eigenvalue weighted by molar-refractivity contribution is 7.89. The van der Waals surface area contributed by atoms with Crippen molar-refractivity contribution in [3.8, 4) is 0 Å². The van der Waals surface area contributed by atoms with Gasteiger partial charge in [0.15, 0.2) is 0 Å². The molecule has 27 heavy (non-hydrogen) atoms. The second kappa shape index (κ2) is 7.80. The number of sulfonamides is 1. The van der Waals surface area contributed by atoms with Crippen LogP contribution in [0.1, 0.15) is 12.0 Å². The van der Waals surface area contributed by atoms with Crippen LogP contribution in [0.5, 0.6) is 0 Å². The summed E-state index contributed by atoms with van der Waals surface area (Å²) in [6, 6.07) is 10.0. The molecule has 2 aromatic rings. The number of carbonyl (C=O) groups excluding carboxylic acids is 1. The molecule has 0 spiro atoms. The van der Waals surface area contributed by atoms with Crippen molar-refractivity contribution in [1.82, 2.24) is 4.31 Å². The van der Waals surface area contributed by atoms with Crippen molar-refractivity contribution in [2.75, 3.05) is 18.4 Å². The number of hydrogen-bond acceptors (Lipinski definition) is 3. The first-order valence-corrected chi connectivity index (χ1v) is 10.1. The Balaban J connectivity index is 1.70. The zero-order valence-corrected chi connectivity index (χ0v) is 16.1. The molecule has 0 fully saturated rings. The van der Waals surface area contributed by atoms with Crippen molar-refractivity contribution in [3.05, 3.63) is 70.5 Å². The Labute approximate surface area is 162 Å². The lowest BCUT2D eigenvalue weighted by Crippen LogP contribution is -2.36. The van der Waals surface area contributed by atoms with E-state index < -0.39 is 15.8 Å². The minimum atomic E-state index is -3.73. The molecule has 5 nitrogen and oxygen atoms in total. The SMILES string of the molecule is Cc1ccc(NC(=O)C2=CCN(S(=O)(=O)c3ccc(F)cc3)CC2)c(Cl)c1. The fraction of sp³-hybridized carbons (Fsp3) is 0.211. The first kappa shape index (κ1) is 19.5. The summed E-state index contributed by atoms with van der Waals surface area (Å²) in [5, 5.41) is 3.19. The minimum Gasteiger partial charge on any atom is -0.321 e. The van der Waals surface area contributed by atoms with E-state index in [0.29, 0.717) is 16.3 Å². The van der Waals surface area contributed by atoms with Crippen LogP contribution in [0.25, 0.3) is 0 Å². The average Bonchev–Trinajstić information content (AvgIpc) is 2.64. The number of aryl methyl sites for hydroxylation is 1. The molecule has 0 saturated heterocycles. The van der Waals surface area contributed by atoms with Crippen LogP contribution in [-0.4, -0.2) is 31.7 Å². The molecule has 0 radical (unpaired) electrons. The summed E-state index contributed by atoms with van der Waals surface area (Å²) in [6.45, 7) is 2.14. The summed E-state index contributed by atoms with van der Waals surface area (Å²) in [4.78, 5) is 12.4. The van der Waals surface area contributed by atoms with Gasteiger partial charge in [-0.1, -0.05) is 23.7 Å². The van der Waals surface area contributed by atoms with Gasteiger partial charge in [-0.15, -0.1) is 0 Å². The second-order valence-electron chi connectivity index (χ2n) is 6.23. The Morgan fingerprint density at radius 3 is 2.48 bits per heavy atom. The topological polar surface area (TPSA) is 66.5 Å². The number of nitrogens with one attached hydrogen (secondary N) is 1. The fourth-order valence-electron chi connectivity index (χ4n) is 2.75. The Kier molecular flexibility index (Phi) is 5.64. The quantitative estimate of drug-likeness (QED) is 0.837. The molecule has 1 aliphatic rings. The third-order valence-corrected chi connectivity index (χ3v) is 6.48. The summed E-state index contributed by atoms with van der Waals surface area (Å²) in [5.41, 5.74) is 1.99. The minimum absolute atomic E-state index is 0.0247. The van der Waals surface area contributed by atoms with Crippen molar-refractivity contribution in [3.63, 3.8) is 0 Å². The molecule has 0 atom stereocenters. The van der Waals surface area contributed by atoms with Gasteiger partial charge in [-0.3, -0.25) is 4.79 Å². The van der Waals surface area contributed by atoms with E-state index in [4.69, 9.17) is 11.6 Å². The summed E-state index contributed by atoms with van der Waals surface area (Å²) >= 11 is 6.13. The van der Waals surface area contributed by atoms with E-state index in [9.17, 15) is 17.6 Å². The van der Waals surface area contributed by atoms with Gasteiger partial charge < -0.3 is 5.32 Å². The first-order chi connectivity index (χ1) is 12.8. The Morgan fingerprint density at radius 2 is 1.89 bits per heavy atom. The second-order valence-corrected chi connectivity index (χ2v) is 8.58. The van der Waals surface area contributed by atoms with Crippen LogP contribution in [0.15, 0.2) is 59.0 Å². The van der Waals surface area contributed by atoms with E-state index in [1.165, 1.54) is 16.4 Å². The van der Waals surface area contributed by atoms with Gasteiger partial charge in [-0.05, 0) is 55.3 Å². The molecule has 3 rings (SSSR count). The molecule has 142 valence electrons. The van der Waals surface area contributed by atoms with Crippen molar-refractivity contribution in [2.24, 2.45) is 0 Å². The van der Waals surface area contributed by atoms with Gasteiger partial charge in [0.25, 0.3) is 5.91 Å². The van der Waals surface area contributed by atoms with Crippen molar-refractivity contribution >= 4 is 33.2 Å². The molecule has 0 aromatic heterocycles. The Hall–Kier alpha value is -2.22. The highest BCUT2D eigenvalue weighted by atomic mass is 35.5. The number of hydrogen-bond donors (Lipinski definition) is 1. The molecule has 1 heterocycles. The van der Waals surface area contributed by atoms with Gasteiger partial charge in [-0.2, -0.15) is 4.31 Å². The summed E-state index contributed by atoms with van der Waals surface area (Å²) in [7, 11) is -3.73. The van der Waals surface area contributed by atoms with Gasteiger partial charge in [0.1, 0.15) is 5.82 Å². The molecule has 0 saturated carbocycles. The van der Waals surface area contributed by atoms with E-state index in [0.717, 1.165) is 17.7 Å². The average molecular weight is 409 g/mol. The summed E-state index contributed by atoms with van der Waals surface area (Å²) < 4.78 is 39.5. The van der Waals surface area contributed by atoms with Gasteiger partial charge in [0.2, 0.25) is 10.0 Å². The molecule has 1 N–H and O–H groups in total. The maximum atomic E-state index is 13.0. The van der Waals surface area contributed by atoms with Crippen molar-refractivity contribution < 1.29 is 17.6 Å². The maximum Gasteiger partial charge on any atom is 0.251 e. The largest absolute Gasteiger partial charge is 0.321 e. The standard InChI is InChI=1S/C19H18ClFN2O3S/c1-13-2-7-18(17(20)12-13)22-19(24)14-8-10-23(11-9-14)27(25,26)16-5-3-15(21)4-6-16/h2-8,12H,9-11H2,1H3,(H,22,24). The molecule has 0 bridgehead atoms. The smallest absolute Gasteiger partial charge is 0.251 e. The Bertz CT molecular complexity index is 1000. The number of anilines is 1. The number of nitrogens with zero attached hydrogens (tertiary/aromatic N) is 1. The number of halogens is 2. The first-order valence-electron chi connectivity index (χ1n) is 8.29. The lowest BCUT2D eigenvalue weighted by molar-refractivity contribution is -0.113. The molecule has 0 aliphatic carbocycles. The third-order valence-electron chi connectivity index (χ3n) is 4.29. The van der Waals surface area contributed by atoms with Crippen LogP contribution >= 0.6 is 11.6 Å². The van der Waals surface area contributed by atoms with Crippen LogP contribution in [0, 0.1) is 12.7 Å². The fourth-order valence-corrected chi connectivity index (χ4v) is 4.42. The van der Waals surface area contributed by atoms with E-state index >= 15 is 0 Å². The van der Waals surface area contributed by atoms with E-state index in [-0.39, 0.29) is 30.3 Å². The van der Waals surface area contributed by atoms with Gasteiger partial charge >= 0.3 is 0 Å². The van der Waals surface area contributed by atoms with Gasteiger partial charge in [0, 0.05) is 18.7 Å². The lowest BCUT2D eigenvalue weighted by atomic mass is 10.1. The van der Waals surface area contributed by atoms with Crippen LogP contribution in [0.3, 0.4) is 0 Å². The predicted molar refractivity (Wildman–Crippen MR) is 103 cm³/mol. The lowest BCUT2D eigenvalue weighted by Gasteiger charge is -2.25. The third kappa shape index (κ3) is 4.37. The molecule has 1 amide bonds. The van der Waals surface area contributed by atoms with Gasteiger partial charge in [0.05, 0.1) is 15.6 Å². The molecule has 2 aromatic carbocycles. The van der Waals surface area contributed by atoms with E-state index in [1.54, 1.807) is 18.2 Å². The number of benzene rings is 2. The van der Waals surface area contributed by atoms with E-state index in [1.807, 2.05) is 13.0 Å². The molecular formula is C19H18ClFN2O3S. The molecule has 1 aliphatic heterocycles. The zero-order valence-electron chi connectivity index (χ0n) is 14.6. The van der Waals surface area contributed by atoms with Gasteiger partial charge in [-0.25, -0.2) is 12.8 Å². The number of carbonyl (C=O) groups is 1. The number of rotatable bonds is 4. The monoisotopic (exact) mass is 408 g/mol. The van der Waals surface area contributed by atoms with Crippen molar-refractivity contribution in [1.29, 1.82) is 0 Å². The van der Waals surface area contributed by atoms with Crippen LogP contribution in [-0.2, 0) is 14.8 Å². The normalized spacial score (nSPS) is 15.3. The maximum absolute atomic E-state index is 13.0. The number of amides is 1. The highest BCUT2D eigenvalue weighted by Gasteiger charge is 2.27. The molecular weight excluding hydrogens is 391 g/mol. The molecule has 8 heteroatoms. The van der Waals surface area contributed by atoms with Crippen LogP contribution < -0.4 is 5.32 Å². The zero-order chi connectivity index (χ0) is 19.6. The summed E-state index contributed by atoms with van der Waals surface area (Å²) in [5.74, 6) is -0.805. The Morgan fingerprint density at radius 1 is 1.19 bits per heavy atom. The predicted octanol–water partition coefficient (Wildman–Crippen LogP) is 3.75. The molecule has 0 unspecified atom stereocenters. The van der Waals surface area contributed by atoms with Crippen LogP contribution in [0.4, 0.5) is 10.1 Å². The highest BCUT2D eigenvalue weighted by Crippen LogP contribution is 2.25. The van der Waals surface area contributed by atoms with E-state index in [2.05, 4.69) is 5.32 Å². The van der Waals surface area contributed by atoms with Crippen LogP contribution in [0.2, 0.25) is 5.02 Å².